The van der Waals surface area contributed by atoms with Crippen LogP contribution in [0.4, 0.5) is 4.39 Å². The highest BCUT2D eigenvalue weighted by molar-refractivity contribution is 9.09. The smallest absolute Gasteiger partial charge is 0.308 e. The van der Waals surface area contributed by atoms with Gasteiger partial charge in [-0.05, 0) is 25.5 Å². The average molecular weight is 450 g/mol. The fourth-order valence-electron chi connectivity index (χ4n) is 2.31. The van der Waals surface area contributed by atoms with Crippen molar-refractivity contribution in [2.24, 2.45) is 0 Å². The molecule has 0 radical (unpaired) electrons. The van der Waals surface area contributed by atoms with Gasteiger partial charge in [0.05, 0.1) is 5.75 Å². The molecule has 1 aliphatic rings. The molecule has 142 valence electrons. The fourth-order valence-corrected chi connectivity index (χ4v) is 4.01. The third-order valence-electron chi connectivity index (χ3n) is 3.59. The molecule has 1 aromatic carbocycles. The summed E-state index contributed by atoms with van der Waals surface area (Å²) < 4.78 is 50.0. The first-order valence-corrected chi connectivity index (χ1v) is 10.4. The van der Waals surface area contributed by atoms with Crippen molar-refractivity contribution in [2.75, 3.05) is 11.1 Å². The number of carbonyl (C=O) groups is 2. The van der Waals surface area contributed by atoms with E-state index in [9.17, 15) is 22.4 Å². The lowest BCUT2D eigenvalue weighted by molar-refractivity contribution is -0.142. The summed E-state index contributed by atoms with van der Waals surface area (Å²) in [7, 11) is -3.82. The SMILES string of the molecule is CC(=O)OC1=C(NS(=O)(=O)CCCBr)OC(C)(c2ccc(F)cc2)C1=O. The van der Waals surface area contributed by atoms with Crippen molar-refractivity contribution in [3.05, 3.63) is 47.3 Å². The summed E-state index contributed by atoms with van der Waals surface area (Å²) in [6.45, 7) is 2.45. The molecule has 0 saturated heterocycles. The van der Waals surface area contributed by atoms with Crippen molar-refractivity contribution in [1.29, 1.82) is 0 Å². The largest absolute Gasteiger partial charge is 0.456 e. The minimum absolute atomic E-state index is 0.222. The Morgan fingerprint density at radius 1 is 1.35 bits per heavy atom. The number of ketones is 1. The molecule has 0 aromatic heterocycles. The van der Waals surface area contributed by atoms with Crippen molar-refractivity contribution in [3.8, 4) is 0 Å². The van der Waals surface area contributed by atoms with Gasteiger partial charge in [-0.25, -0.2) is 12.8 Å². The van der Waals surface area contributed by atoms with Crippen LogP contribution in [0, 0.1) is 5.82 Å². The second kappa shape index (κ2) is 7.75. The number of Topliss-reactive ketones (excluding diaryl/α,β-unsaturated/α-hetero) is 1. The quantitative estimate of drug-likeness (QED) is 0.505. The Kier molecular flexibility index (Phi) is 6.07. The molecule has 0 saturated carbocycles. The van der Waals surface area contributed by atoms with E-state index in [4.69, 9.17) is 9.47 Å². The van der Waals surface area contributed by atoms with Crippen LogP contribution < -0.4 is 4.72 Å². The van der Waals surface area contributed by atoms with Crippen LogP contribution >= 0.6 is 15.9 Å². The van der Waals surface area contributed by atoms with Crippen LogP contribution in [-0.2, 0) is 34.7 Å². The maximum absolute atomic E-state index is 13.2. The minimum Gasteiger partial charge on any atom is -0.456 e. The number of halogens is 2. The van der Waals surface area contributed by atoms with Crippen LogP contribution in [-0.4, -0.2) is 31.3 Å². The van der Waals surface area contributed by atoms with Crippen molar-refractivity contribution in [1.82, 2.24) is 4.72 Å². The molecule has 0 fully saturated rings. The number of esters is 1. The highest BCUT2D eigenvalue weighted by Crippen LogP contribution is 2.38. The highest BCUT2D eigenvalue weighted by atomic mass is 79.9. The van der Waals surface area contributed by atoms with Crippen molar-refractivity contribution in [2.45, 2.75) is 25.9 Å². The van der Waals surface area contributed by atoms with Gasteiger partial charge in [-0.1, -0.05) is 28.1 Å². The molecular formula is C16H17BrFNO6S. The summed E-state index contributed by atoms with van der Waals surface area (Å²) in [5.41, 5.74) is -1.38. The molecule has 1 N–H and O–H groups in total. The molecule has 2 rings (SSSR count). The van der Waals surface area contributed by atoms with Gasteiger partial charge in [0.25, 0.3) is 5.78 Å². The van der Waals surface area contributed by atoms with Crippen molar-refractivity contribution < 1.29 is 31.9 Å². The zero-order valence-corrected chi connectivity index (χ0v) is 16.4. The molecule has 0 bridgehead atoms. The number of benzene rings is 1. The predicted molar refractivity (Wildman–Crippen MR) is 94.0 cm³/mol. The van der Waals surface area contributed by atoms with Gasteiger partial charge >= 0.3 is 5.97 Å². The van der Waals surface area contributed by atoms with E-state index in [-0.39, 0.29) is 11.3 Å². The number of hydrogen-bond donors (Lipinski definition) is 1. The van der Waals surface area contributed by atoms with Crippen LogP contribution in [0.15, 0.2) is 35.9 Å². The molecule has 0 amide bonds. The summed E-state index contributed by atoms with van der Waals surface area (Å²) in [5, 5.41) is 0.469. The Morgan fingerprint density at radius 2 is 1.96 bits per heavy atom. The summed E-state index contributed by atoms with van der Waals surface area (Å²) in [6, 6.07) is 4.95. The Hall–Kier alpha value is -1.94. The second-order valence-corrected chi connectivity index (χ2v) is 8.32. The molecule has 26 heavy (non-hydrogen) atoms. The monoisotopic (exact) mass is 449 g/mol. The molecule has 10 heteroatoms. The van der Waals surface area contributed by atoms with Gasteiger partial charge in [0.15, 0.2) is 5.60 Å². The van der Waals surface area contributed by atoms with Crippen LogP contribution in [0.3, 0.4) is 0 Å². The van der Waals surface area contributed by atoms with E-state index in [1.54, 1.807) is 0 Å². The zero-order chi connectivity index (χ0) is 19.5. The predicted octanol–water partition coefficient (Wildman–Crippen LogP) is 2.08. The number of sulfonamides is 1. The van der Waals surface area contributed by atoms with E-state index in [0.717, 1.165) is 19.1 Å². The van der Waals surface area contributed by atoms with Gasteiger partial charge in [0, 0.05) is 17.8 Å². The van der Waals surface area contributed by atoms with E-state index in [1.165, 1.54) is 19.1 Å². The van der Waals surface area contributed by atoms with E-state index < -0.39 is 44.8 Å². The van der Waals surface area contributed by atoms with E-state index in [2.05, 4.69) is 20.7 Å². The Labute approximate surface area is 158 Å². The topological polar surface area (TPSA) is 98.8 Å². The van der Waals surface area contributed by atoms with Gasteiger partial charge in [0.2, 0.25) is 21.7 Å². The van der Waals surface area contributed by atoms with E-state index >= 15 is 0 Å². The molecule has 7 nitrogen and oxygen atoms in total. The number of alkyl halides is 1. The summed E-state index contributed by atoms with van der Waals surface area (Å²) in [4.78, 5) is 24.1. The number of rotatable bonds is 7. The standard InChI is InChI=1S/C16H17BrFNO6S/c1-10(20)24-13-14(21)16(2,11-4-6-12(18)7-5-11)25-15(13)19-26(22,23)9-3-8-17/h4-7,19H,3,8-9H2,1-2H3. The molecule has 0 spiro atoms. The van der Waals surface area contributed by atoms with Crippen LogP contribution in [0.2, 0.25) is 0 Å². The number of ether oxygens (including phenoxy) is 2. The van der Waals surface area contributed by atoms with E-state index in [1.807, 2.05) is 0 Å². The van der Waals surface area contributed by atoms with Crippen molar-refractivity contribution >= 4 is 37.7 Å². The Morgan fingerprint density at radius 3 is 2.50 bits per heavy atom. The fraction of sp³-hybridized carbons (Fsp3) is 0.375. The lowest BCUT2D eigenvalue weighted by Gasteiger charge is -2.23. The lowest BCUT2D eigenvalue weighted by atomic mass is 9.91. The highest BCUT2D eigenvalue weighted by Gasteiger charge is 2.50. The first kappa shape index (κ1) is 20.4. The maximum Gasteiger partial charge on any atom is 0.308 e. The third kappa shape index (κ3) is 4.42. The number of nitrogens with one attached hydrogen (secondary N) is 1. The molecule has 1 heterocycles. The molecule has 0 aliphatic carbocycles. The molecule has 1 aromatic rings. The van der Waals surface area contributed by atoms with Gasteiger partial charge in [-0.15, -0.1) is 0 Å². The van der Waals surface area contributed by atoms with Crippen LogP contribution in [0.25, 0.3) is 0 Å². The number of carbonyl (C=O) groups excluding carboxylic acids is 2. The second-order valence-electron chi connectivity index (χ2n) is 5.69. The average Bonchev–Trinajstić information content (AvgIpc) is 2.78. The van der Waals surface area contributed by atoms with Crippen molar-refractivity contribution in [3.63, 3.8) is 0 Å². The van der Waals surface area contributed by atoms with Gasteiger partial charge in [0.1, 0.15) is 5.82 Å². The van der Waals surface area contributed by atoms with E-state index in [0.29, 0.717) is 11.8 Å². The first-order chi connectivity index (χ1) is 12.1. The summed E-state index contributed by atoms with van der Waals surface area (Å²) in [5.74, 6) is -3.29. The Balaban J connectivity index is 2.39. The Bertz CT molecular complexity index is 852. The van der Waals surface area contributed by atoms with Gasteiger partial charge in [-0.2, -0.15) is 0 Å². The lowest BCUT2D eigenvalue weighted by Crippen LogP contribution is -2.33. The zero-order valence-electron chi connectivity index (χ0n) is 14.0. The maximum atomic E-state index is 13.2. The van der Waals surface area contributed by atoms with Gasteiger partial charge in [-0.3, -0.25) is 14.3 Å². The molecular weight excluding hydrogens is 433 g/mol. The summed E-state index contributed by atoms with van der Waals surface area (Å²) in [6.07, 6.45) is 0.328. The molecule has 1 unspecified atom stereocenters. The van der Waals surface area contributed by atoms with Crippen LogP contribution in [0.5, 0.6) is 0 Å². The number of hydrogen-bond acceptors (Lipinski definition) is 6. The summed E-state index contributed by atoms with van der Waals surface area (Å²) >= 11 is 3.13. The molecule has 1 aliphatic heterocycles. The minimum atomic E-state index is -3.82. The first-order valence-electron chi connectivity index (χ1n) is 7.58. The molecule has 1 atom stereocenters. The van der Waals surface area contributed by atoms with Gasteiger partial charge < -0.3 is 9.47 Å². The third-order valence-corrected chi connectivity index (χ3v) is 5.47. The van der Waals surface area contributed by atoms with Crippen LogP contribution in [0.1, 0.15) is 25.8 Å². The normalized spacial score (nSPS) is 20.1.